The minimum atomic E-state index is -0.634. The van der Waals surface area contributed by atoms with Gasteiger partial charge in [-0.3, -0.25) is 4.79 Å². The summed E-state index contributed by atoms with van der Waals surface area (Å²) in [6.45, 7) is 6.33. The number of ether oxygens (including phenoxy) is 3. The maximum Gasteiger partial charge on any atom is 0.341 e. The summed E-state index contributed by atoms with van der Waals surface area (Å²) in [5.41, 5.74) is 3.41. The molecule has 0 saturated heterocycles. The topological polar surface area (TPSA) is 97.7 Å². The minimum absolute atomic E-state index is 0.127. The summed E-state index contributed by atoms with van der Waals surface area (Å²) in [7, 11) is 1.52. The highest BCUT2D eigenvalue weighted by atomic mass is 32.1. The Bertz CT molecular complexity index is 1300. The van der Waals surface area contributed by atoms with Crippen LogP contribution >= 0.6 is 11.3 Å². The summed E-state index contributed by atoms with van der Waals surface area (Å²) < 4.78 is 16.1. The van der Waals surface area contributed by atoms with Crippen molar-refractivity contribution in [2.75, 3.05) is 25.6 Å². The van der Waals surface area contributed by atoms with Crippen LogP contribution in [0.1, 0.15) is 42.3 Å². The number of thiophene rings is 1. The quantitative estimate of drug-likeness (QED) is 0.203. The van der Waals surface area contributed by atoms with Crippen LogP contribution in [-0.4, -0.2) is 32.2 Å². The zero-order valence-corrected chi connectivity index (χ0v) is 21.5. The van der Waals surface area contributed by atoms with E-state index in [0.717, 1.165) is 12.0 Å². The van der Waals surface area contributed by atoms with Gasteiger partial charge in [-0.15, -0.1) is 11.3 Å². The lowest BCUT2D eigenvalue weighted by Crippen LogP contribution is -2.16. The van der Waals surface area contributed by atoms with Gasteiger partial charge in [0.25, 0.3) is 5.91 Å². The molecule has 0 unspecified atom stereocenters. The molecule has 0 aliphatic carbocycles. The first-order valence-corrected chi connectivity index (χ1v) is 12.4. The van der Waals surface area contributed by atoms with Crippen LogP contribution in [0.5, 0.6) is 11.5 Å². The van der Waals surface area contributed by atoms with E-state index in [-0.39, 0.29) is 17.7 Å². The van der Waals surface area contributed by atoms with E-state index >= 15 is 0 Å². The SMILES string of the molecule is CCOC(=O)c1c(-c2ccc(CC)cc2)csc1NC(=O)C(C#N)=Cc1ccc(OCC)c(OC)c1. The molecule has 1 amide bonds. The zero-order chi connectivity index (χ0) is 26.1. The van der Waals surface area contributed by atoms with E-state index in [2.05, 4.69) is 12.2 Å². The fourth-order valence-electron chi connectivity index (χ4n) is 3.52. The van der Waals surface area contributed by atoms with E-state index in [4.69, 9.17) is 14.2 Å². The lowest BCUT2D eigenvalue weighted by atomic mass is 10.0. The Morgan fingerprint density at radius 2 is 1.81 bits per heavy atom. The molecule has 3 aromatic rings. The number of nitrogens with zero attached hydrogens (tertiary/aromatic N) is 1. The second-order valence-corrected chi connectivity index (χ2v) is 8.47. The highest BCUT2D eigenvalue weighted by Crippen LogP contribution is 2.37. The highest BCUT2D eigenvalue weighted by Gasteiger charge is 2.24. The molecule has 0 spiro atoms. The van der Waals surface area contributed by atoms with Crippen molar-refractivity contribution in [3.63, 3.8) is 0 Å². The molecule has 3 rings (SSSR count). The zero-order valence-electron chi connectivity index (χ0n) is 20.7. The normalized spacial score (nSPS) is 10.9. The van der Waals surface area contributed by atoms with Gasteiger partial charge in [0, 0.05) is 10.9 Å². The summed E-state index contributed by atoms with van der Waals surface area (Å²) in [6, 6.07) is 14.9. The summed E-state index contributed by atoms with van der Waals surface area (Å²) >= 11 is 1.21. The van der Waals surface area contributed by atoms with Gasteiger partial charge in [-0.1, -0.05) is 37.3 Å². The largest absolute Gasteiger partial charge is 0.493 e. The standard InChI is InChI=1S/C28H28N2O5S/c1-5-18-8-11-20(12-9-18)22-17-36-27(25(22)28(32)35-7-3)30-26(31)21(16-29)14-19-10-13-23(34-6-2)24(15-19)33-4/h8-15,17H,5-7H2,1-4H3,(H,30,31). The maximum absolute atomic E-state index is 13.0. The van der Waals surface area contributed by atoms with Gasteiger partial charge in [0.2, 0.25) is 0 Å². The number of nitriles is 1. The Morgan fingerprint density at radius 1 is 1.06 bits per heavy atom. The number of nitrogens with one attached hydrogen (secondary N) is 1. The first kappa shape index (κ1) is 26.5. The van der Waals surface area contributed by atoms with Gasteiger partial charge in [-0.05, 0) is 55.2 Å². The molecule has 0 aliphatic rings. The van der Waals surface area contributed by atoms with Crippen LogP contribution in [0, 0.1) is 11.3 Å². The molecule has 0 atom stereocenters. The number of anilines is 1. The van der Waals surface area contributed by atoms with E-state index in [1.54, 1.807) is 30.5 Å². The lowest BCUT2D eigenvalue weighted by Gasteiger charge is -2.10. The number of hydrogen-bond acceptors (Lipinski definition) is 7. The summed E-state index contributed by atoms with van der Waals surface area (Å²) in [5, 5.41) is 14.5. The van der Waals surface area contributed by atoms with E-state index in [0.29, 0.717) is 34.2 Å². The maximum atomic E-state index is 13.0. The molecule has 36 heavy (non-hydrogen) atoms. The van der Waals surface area contributed by atoms with Gasteiger partial charge in [0.15, 0.2) is 11.5 Å². The van der Waals surface area contributed by atoms with Crippen molar-refractivity contribution < 1.29 is 23.8 Å². The van der Waals surface area contributed by atoms with E-state index in [1.807, 2.05) is 37.3 Å². The van der Waals surface area contributed by atoms with Crippen molar-refractivity contribution in [2.24, 2.45) is 0 Å². The number of amides is 1. The number of methoxy groups -OCH3 is 1. The van der Waals surface area contributed by atoms with Crippen molar-refractivity contribution in [3.8, 4) is 28.7 Å². The highest BCUT2D eigenvalue weighted by molar-refractivity contribution is 7.15. The van der Waals surface area contributed by atoms with Crippen LogP contribution in [0.2, 0.25) is 0 Å². The van der Waals surface area contributed by atoms with Gasteiger partial charge in [-0.2, -0.15) is 5.26 Å². The Balaban J connectivity index is 1.93. The third kappa shape index (κ3) is 6.12. The van der Waals surface area contributed by atoms with Crippen molar-refractivity contribution >= 4 is 34.3 Å². The second kappa shape index (κ2) is 12.6. The van der Waals surface area contributed by atoms with Crippen molar-refractivity contribution in [1.29, 1.82) is 5.26 Å². The molecule has 1 N–H and O–H groups in total. The van der Waals surface area contributed by atoms with Crippen molar-refractivity contribution in [3.05, 3.63) is 70.1 Å². The fourth-order valence-corrected chi connectivity index (χ4v) is 4.48. The third-order valence-electron chi connectivity index (χ3n) is 5.33. The fraction of sp³-hybridized carbons (Fsp3) is 0.250. The van der Waals surface area contributed by atoms with E-state index < -0.39 is 11.9 Å². The van der Waals surface area contributed by atoms with Crippen LogP contribution in [0.3, 0.4) is 0 Å². The van der Waals surface area contributed by atoms with Crippen LogP contribution in [0.4, 0.5) is 5.00 Å². The molecule has 0 radical (unpaired) electrons. The predicted octanol–water partition coefficient (Wildman–Crippen LogP) is 6.11. The number of esters is 1. The Morgan fingerprint density at radius 3 is 2.42 bits per heavy atom. The number of carbonyl (C=O) groups is 2. The van der Waals surface area contributed by atoms with Crippen LogP contribution in [0.25, 0.3) is 17.2 Å². The third-order valence-corrected chi connectivity index (χ3v) is 6.23. The van der Waals surface area contributed by atoms with Crippen LogP contribution in [-0.2, 0) is 16.0 Å². The Labute approximate surface area is 214 Å². The van der Waals surface area contributed by atoms with Gasteiger partial charge in [0.1, 0.15) is 22.2 Å². The number of hydrogen-bond donors (Lipinski definition) is 1. The molecule has 1 aromatic heterocycles. The number of aryl methyl sites for hydroxylation is 1. The Kier molecular flexibility index (Phi) is 9.25. The molecule has 0 aliphatic heterocycles. The van der Waals surface area contributed by atoms with Gasteiger partial charge in [0.05, 0.1) is 20.3 Å². The predicted molar refractivity (Wildman–Crippen MR) is 141 cm³/mol. The molecule has 2 aromatic carbocycles. The first-order chi connectivity index (χ1) is 17.4. The molecule has 7 nitrogen and oxygen atoms in total. The first-order valence-electron chi connectivity index (χ1n) is 11.6. The Hall–Kier alpha value is -4.09. The summed E-state index contributed by atoms with van der Waals surface area (Å²) in [5.74, 6) is -0.116. The summed E-state index contributed by atoms with van der Waals surface area (Å²) in [4.78, 5) is 25.9. The van der Waals surface area contributed by atoms with Crippen LogP contribution in [0.15, 0.2) is 53.4 Å². The lowest BCUT2D eigenvalue weighted by molar-refractivity contribution is -0.112. The molecule has 0 bridgehead atoms. The minimum Gasteiger partial charge on any atom is -0.493 e. The second-order valence-electron chi connectivity index (χ2n) is 7.59. The van der Waals surface area contributed by atoms with Gasteiger partial charge in [-0.25, -0.2) is 4.79 Å². The van der Waals surface area contributed by atoms with E-state index in [1.165, 1.54) is 30.1 Å². The monoisotopic (exact) mass is 504 g/mol. The summed E-state index contributed by atoms with van der Waals surface area (Å²) in [6.07, 6.45) is 2.36. The van der Waals surface area contributed by atoms with Crippen molar-refractivity contribution in [1.82, 2.24) is 0 Å². The molecule has 1 heterocycles. The van der Waals surface area contributed by atoms with Crippen molar-refractivity contribution in [2.45, 2.75) is 27.2 Å². The van der Waals surface area contributed by atoms with Crippen LogP contribution < -0.4 is 14.8 Å². The molecular weight excluding hydrogens is 476 g/mol. The number of rotatable bonds is 10. The average molecular weight is 505 g/mol. The van der Waals surface area contributed by atoms with Gasteiger partial charge < -0.3 is 19.5 Å². The number of carbonyl (C=O) groups excluding carboxylic acids is 2. The molecule has 186 valence electrons. The molecular formula is C28H28N2O5S. The van der Waals surface area contributed by atoms with E-state index in [9.17, 15) is 14.9 Å². The molecule has 8 heteroatoms. The smallest absolute Gasteiger partial charge is 0.341 e. The number of benzene rings is 2. The molecule has 0 saturated carbocycles. The van der Waals surface area contributed by atoms with Gasteiger partial charge >= 0.3 is 5.97 Å². The average Bonchev–Trinajstić information content (AvgIpc) is 3.31. The molecule has 0 fully saturated rings.